The molecule has 1 N–H and O–H groups in total. The van der Waals surface area contributed by atoms with Crippen molar-refractivity contribution in [1.29, 1.82) is 0 Å². The van der Waals surface area contributed by atoms with E-state index in [1.54, 1.807) is 0 Å². The molecule has 0 radical (unpaired) electrons. The molecule has 0 bridgehead atoms. The molecular formula is C14H28N2S. The van der Waals surface area contributed by atoms with E-state index in [2.05, 4.69) is 28.9 Å². The lowest BCUT2D eigenvalue weighted by Crippen LogP contribution is -2.46. The van der Waals surface area contributed by atoms with Gasteiger partial charge in [0.2, 0.25) is 0 Å². The van der Waals surface area contributed by atoms with Crippen LogP contribution in [-0.2, 0) is 0 Å². The maximum Gasteiger partial charge on any atom is 0.0220 e. The fourth-order valence-corrected chi connectivity index (χ4v) is 3.31. The summed E-state index contributed by atoms with van der Waals surface area (Å²) in [7, 11) is 0. The van der Waals surface area contributed by atoms with Gasteiger partial charge in [-0.3, -0.25) is 4.90 Å². The summed E-state index contributed by atoms with van der Waals surface area (Å²) in [6.45, 7) is 6.16. The Balaban J connectivity index is 1.63. The van der Waals surface area contributed by atoms with Crippen LogP contribution in [0.15, 0.2) is 0 Å². The van der Waals surface area contributed by atoms with Crippen molar-refractivity contribution in [3.8, 4) is 0 Å². The van der Waals surface area contributed by atoms with Gasteiger partial charge in [-0.1, -0.05) is 13.3 Å². The number of hydrogen-bond donors (Lipinski definition) is 1. The molecule has 0 aromatic carbocycles. The van der Waals surface area contributed by atoms with Crippen LogP contribution in [0.3, 0.4) is 0 Å². The molecule has 0 aromatic heterocycles. The molecule has 3 heteroatoms. The summed E-state index contributed by atoms with van der Waals surface area (Å²) in [6.07, 6.45) is 8.48. The molecule has 1 saturated heterocycles. The molecule has 2 fully saturated rings. The van der Waals surface area contributed by atoms with E-state index in [1.165, 1.54) is 69.7 Å². The molecule has 1 atom stereocenters. The van der Waals surface area contributed by atoms with Gasteiger partial charge in [-0.2, -0.15) is 11.8 Å². The lowest BCUT2D eigenvalue weighted by molar-refractivity contribution is 0.146. The third kappa shape index (κ3) is 5.19. The van der Waals surface area contributed by atoms with Gasteiger partial charge in [-0.15, -0.1) is 0 Å². The zero-order valence-electron chi connectivity index (χ0n) is 11.3. The highest BCUT2D eigenvalue weighted by molar-refractivity contribution is 7.99. The standard InChI is InChI=1S/C14H28N2S/c1-2-17-11-5-10-16-9-4-3-6-14(16)12-15-13-7-8-13/h13-15H,2-12H2,1H3. The normalized spacial score (nSPS) is 26.3. The Bertz CT molecular complexity index is 206. The van der Waals surface area contributed by atoms with Crippen LogP contribution < -0.4 is 5.32 Å². The Hall–Kier alpha value is 0.270. The van der Waals surface area contributed by atoms with Gasteiger partial charge in [-0.05, 0) is 56.7 Å². The molecule has 1 aliphatic heterocycles. The molecule has 2 aliphatic rings. The second-order valence-corrected chi connectivity index (χ2v) is 6.81. The highest BCUT2D eigenvalue weighted by Gasteiger charge is 2.25. The van der Waals surface area contributed by atoms with E-state index < -0.39 is 0 Å². The minimum absolute atomic E-state index is 0.830. The second kappa shape index (κ2) is 7.65. The Labute approximate surface area is 111 Å². The van der Waals surface area contributed by atoms with Crippen LogP contribution in [0.25, 0.3) is 0 Å². The zero-order chi connectivity index (χ0) is 11.9. The first kappa shape index (κ1) is 13.7. The van der Waals surface area contributed by atoms with Gasteiger partial charge in [0.05, 0.1) is 0 Å². The van der Waals surface area contributed by atoms with Crippen molar-refractivity contribution >= 4 is 11.8 Å². The van der Waals surface area contributed by atoms with Crippen molar-refractivity contribution in [3.63, 3.8) is 0 Å². The quantitative estimate of drug-likeness (QED) is 0.672. The number of hydrogen-bond acceptors (Lipinski definition) is 3. The van der Waals surface area contributed by atoms with Crippen LogP contribution in [0.2, 0.25) is 0 Å². The summed E-state index contributed by atoms with van der Waals surface area (Å²) in [6, 6.07) is 1.70. The van der Waals surface area contributed by atoms with Crippen LogP contribution in [-0.4, -0.2) is 48.1 Å². The SMILES string of the molecule is CCSCCCN1CCCCC1CNC1CC1. The number of nitrogens with zero attached hydrogens (tertiary/aromatic N) is 1. The lowest BCUT2D eigenvalue weighted by Gasteiger charge is -2.36. The van der Waals surface area contributed by atoms with Gasteiger partial charge in [0, 0.05) is 18.6 Å². The van der Waals surface area contributed by atoms with E-state index in [-0.39, 0.29) is 0 Å². The minimum atomic E-state index is 0.830. The van der Waals surface area contributed by atoms with Gasteiger partial charge in [0.1, 0.15) is 0 Å². The molecule has 1 aliphatic carbocycles. The third-order valence-corrected chi connectivity index (χ3v) is 4.89. The molecule has 100 valence electrons. The van der Waals surface area contributed by atoms with Crippen LogP contribution in [0.1, 0.15) is 45.4 Å². The summed E-state index contributed by atoms with van der Waals surface area (Å²) in [5.74, 6) is 2.61. The molecular weight excluding hydrogens is 228 g/mol. The predicted octanol–water partition coefficient (Wildman–Crippen LogP) is 2.74. The average Bonchev–Trinajstić information content (AvgIpc) is 3.17. The van der Waals surface area contributed by atoms with Gasteiger partial charge in [-0.25, -0.2) is 0 Å². The first-order chi connectivity index (χ1) is 8.40. The van der Waals surface area contributed by atoms with E-state index in [9.17, 15) is 0 Å². The zero-order valence-corrected chi connectivity index (χ0v) is 12.1. The minimum Gasteiger partial charge on any atom is -0.312 e. The first-order valence-electron chi connectivity index (χ1n) is 7.45. The molecule has 17 heavy (non-hydrogen) atoms. The number of likely N-dealkylation sites (tertiary alicyclic amines) is 1. The molecule has 2 rings (SSSR count). The molecule has 1 saturated carbocycles. The summed E-state index contributed by atoms with van der Waals surface area (Å²) < 4.78 is 0. The van der Waals surface area contributed by atoms with E-state index in [0.29, 0.717) is 0 Å². The molecule has 0 spiro atoms. The Morgan fingerprint density at radius 1 is 1.24 bits per heavy atom. The van der Waals surface area contributed by atoms with Crippen LogP contribution in [0, 0.1) is 0 Å². The first-order valence-corrected chi connectivity index (χ1v) is 8.61. The largest absolute Gasteiger partial charge is 0.312 e. The molecule has 2 nitrogen and oxygen atoms in total. The monoisotopic (exact) mass is 256 g/mol. The number of thioether (sulfide) groups is 1. The maximum atomic E-state index is 3.71. The summed E-state index contributed by atoms with van der Waals surface area (Å²) in [4.78, 5) is 2.75. The lowest BCUT2D eigenvalue weighted by atomic mass is 10.0. The van der Waals surface area contributed by atoms with Gasteiger partial charge in [0.15, 0.2) is 0 Å². The van der Waals surface area contributed by atoms with Crippen LogP contribution in [0.5, 0.6) is 0 Å². The van der Waals surface area contributed by atoms with E-state index in [1.807, 2.05) is 0 Å². The number of rotatable bonds is 8. The van der Waals surface area contributed by atoms with Crippen LogP contribution >= 0.6 is 11.8 Å². The topological polar surface area (TPSA) is 15.3 Å². The number of piperidine rings is 1. The fourth-order valence-electron chi connectivity index (χ4n) is 2.69. The fraction of sp³-hybridized carbons (Fsp3) is 1.00. The molecule has 0 aromatic rings. The molecule has 1 heterocycles. The van der Waals surface area contributed by atoms with Crippen molar-refractivity contribution in [2.24, 2.45) is 0 Å². The van der Waals surface area contributed by atoms with Gasteiger partial charge < -0.3 is 5.32 Å². The smallest absolute Gasteiger partial charge is 0.0220 e. The van der Waals surface area contributed by atoms with Crippen molar-refractivity contribution in [2.75, 3.05) is 31.1 Å². The van der Waals surface area contributed by atoms with E-state index in [4.69, 9.17) is 0 Å². The summed E-state index contributed by atoms with van der Waals surface area (Å²) >= 11 is 2.08. The third-order valence-electron chi connectivity index (χ3n) is 3.91. The summed E-state index contributed by atoms with van der Waals surface area (Å²) in [5, 5.41) is 3.71. The maximum absolute atomic E-state index is 3.71. The highest BCUT2D eigenvalue weighted by atomic mass is 32.2. The number of nitrogens with one attached hydrogen (secondary N) is 1. The van der Waals surface area contributed by atoms with E-state index >= 15 is 0 Å². The van der Waals surface area contributed by atoms with Gasteiger partial charge in [0.25, 0.3) is 0 Å². The molecule has 0 amide bonds. The average molecular weight is 256 g/mol. The predicted molar refractivity (Wildman–Crippen MR) is 77.9 cm³/mol. The Morgan fingerprint density at radius 3 is 2.88 bits per heavy atom. The van der Waals surface area contributed by atoms with Crippen molar-refractivity contribution in [1.82, 2.24) is 10.2 Å². The van der Waals surface area contributed by atoms with Crippen molar-refractivity contribution in [3.05, 3.63) is 0 Å². The van der Waals surface area contributed by atoms with Crippen molar-refractivity contribution < 1.29 is 0 Å². The molecule has 1 unspecified atom stereocenters. The van der Waals surface area contributed by atoms with Crippen molar-refractivity contribution in [2.45, 2.75) is 57.5 Å². The second-order valence-electron chi connectivity index (χ2n) is 5.42. The van der Waals surface area contributed by atoms with Crippen LogP contribution in [0.4, 0.5) is 0 Å². The Morgan fingerprint density at radius 2 is 2.12 bits per heavy atom. The summed E-state index contributed by atoms with van der Waals surface area (Å²) in [5.41, 5.74) is 0. The highest BCUT2D eigenvalue weighted by Crippen LogP contribution is 2.21. The van der Waals surface area contributed by atoms with Gasteiger partial charge >= 0.3 is 0 Å². The van der Waals surface area contributed by atoms with E-state index in [0.717, 1.165) is 12.1 Å². The Kier molecular flexibility index (Phi) is 6.16.